The number of hydrogen-bond donors (Lipinski definition) is 0. The van der Waals surface area contributed by atoms with Crippen molar-refractivity contribution in [3.63, 3.8) is 0 Å². The molecule has 4 nitrogen and oxygen atoms in total. The number of benzene rings is 1. The topological polar surface area (TPSA) is 44.1 Å². The molecule has 0 amide bonds. The molecule has 1 aliphatic carbocycles. The highest BCUT2D eigenvalue weighted by Gasteiger charge is 2.23. The Morgan fingerprint density at radius 1 is 1.23 bits per heavy atom. The molecule has 0 N–H and O–H groups in total. The quantitative estimate of drug-likeness (QED) is 0.691. The van der Waals surface area contributed by atoms with Gasteiger partial charge in [-0.2, -0.15) is 5.10 Å². The van der Waals surface area contributed by atoms with Gasteiger partial charge in [0.25, 0.3) is 0 Å². The SMILES string of the molecule is CC(C)(C)c1cc(OC(=O)CCC2CCCC2)n(-c2ccc(F)cc2)n1. The molecule has 0 aliphatic heterocycles. The van der Waals surface area contributed by atoms with Gasteiger partial charge >= 0.3 is 5.97 Å². The van der Waals surface area contributed by atoms with E-state index in [1.165, 1.54) is 37.8 Å². The van der Waals surface area contributed by atoms with Crippen LogP contribution < -0.4 is 4.74 Å². The third kappa shape index (κ3) is 4.51. The summed E-state index contributed by atoms with van der Waals surface area (Å²) in [7, 11) is 0. The molecule has 1 aliphatic rings. The molecule has 140 valence electrons. The molecular weight excluding hydrogens is 331 g/mol. The normalized spacial score (nSPS) is 15.4. The van der Waals surface area contributed by atoms with Gasteiger partial charge in [-0.15, -0.1) is 0 Å². The summed E-state index contributed by atoms with van der Waals surface area (Å²) in [6, 6.07) is 7.81. The van der Waals surface area contributed by atoms with Crippen molar-refractivity contribution in [2.45, 2.75) is 64.7 Å². The molecule has 1 aromatic heterocycles. The van der Waals surface area contributed by atoms with Crippen molar-refractivity contribution in [1.82, 2.24) is 9.78 Å². The van der Waals surface area contributed by atoms with Gasteiger partial charge in [0.15, 0.2) is 0 Å². The number of hydrogen-bond acceptors (Lipinski definition) is 3. The zero-order chi connectivity index (χ0) is 18.7. The molecule has 0 unspecified atom stereocenters. The van der Waals surface area contributed by atoms with E-state index in [2.05, 4.69) is 25.9 Å². The zero-order valence-corrected chi connectivity index (χ0v) is 15.8. The Morgan fingerprint density at radius 2 is 1.88 bits per heavy atom. The number of esters is 1. The smallest absolute Gasteiger partial charge is 0.312 e. The van der Waals surface area contributed by atoms with Gasteiger partial charge in [0.2, 0.25) is 5.88 Å². The Hall–Kier alpha value is -2.17. The van der Waals surface area contributed by atoms with Crippen LogP contribution in [0, 0.1) is 11.7 Å². The van der Waals surface area contributed by atoms with E-state index in [1.807, 2.05) is 0 Å². The molecule has 1 aromatic carbocycles. The van der Waals surface area contributed by atoms with Crippen LogP contribution in [0.3, 0.4) is 0 Å². The molecule has 0 radical (unpaired) electrons. The second-order valence-electron chi connectivity index (χ2n) is 8.17. The Morgan fingerprint density at radius 3 is 2.50 bits per heavy atom. The fraction of sp³-hybridized carbons (Fsp3) is 0.524. The molecule has 1 fully saturated rings. The predicted octanol–water partition coefficient (Wildman–Crippen LogP) is 5.18. The summed E-state index contributed by atoms with van der Waals surface area (Å²) < 4.78 is 20.5. The summed E-state index contributed by atoms with van der Waals surface area (Å²) in [5.74, 6) is 0.486. The van der Waals surface area contributed by atoms with Crippen LogP contribution in [0.5, 0.6) is 5.88 Å². The maximum absolute atomic E-state index is 13.2. The summed E-state index contributed by atoms with van der Waals surface area (Å²) in [4.78, 5) is 12.3. The Balaban J connectivity index is 1.78. The molecule has 0 saturated heterocycles. The highest BCUT2D eigenvalue weighted by Crippen LogP contribution is 2.30. The summed E-state index contributed by atoms with van der Waals surface area (Å²) in [5.41, 5.74) is 1.30. The van der Waals surface area contributed by atoms with Crippen LogP contribution in [-0.4, -0.2) is 15.7 Å². The predicted molar refractivity (Wildman–Crippen MR) is 99.0 cm³/mol. The summed E-state index contributed by atoms with van der Waals surface area (Å²) in [5, 5.41) is 4.59. The van der Waals surface area contributed by atoms with Crippen LogP contribution in [0.25, 0.3) is 5.69 Å². The van der Waals surface area contributed by atoms with E-state index in [-0.39, 0.29) is 17.2 Å². The van der Waals surface area contributed by atoms with Crippen molar-refractivity contribution in [1.29, 1.82) is 0 Å². The van der Waals surface area contributed by atoms with E-state index < -0.39 is 0 Å². The molecule has 0 spiro atoms. The molecule has 3 rings (SSSR count). The van der Waals surface area contributed by atoms with Gasteiger partial charge in [-0.3, -0.25) is 4.79 Å². The minimum atomic E-state index is -0.313. The number of nitrogens with zero attached hydrogens (tertiary/aromatic N) is 2. The van der Waals surface area contributed by atoms with Crippen molar-refractivity contribution in [3.05, 3.63) is 41.8 Å². The monoisotopic (exact) mass is 358 g/mol. The van der Waals surface area contributed by atoms with Crippen LogP contribution >= 0.6 is 0 Å². The van der Waals surface area contributed by atoms with E-state index in [1.54, 1.807) is 22.9 Å². The summed E-state index contributed by atoms with van der Waals surface area (Å²) in [6.07, 6.45) is 6.28. The Labute approximate surface area is 154 Å². The molecule has 1 heterocycles. The number of carbonyl (C=O) groups is 1. The first kappa shape index (κ1) is 18.6. The third-order valence-corrected chi connectivity index (χ3v) is 4.97. The molecule has 5 heteroatoms. The first-order valence-electron chi connectivity index (χ1n) is 9.40. The first-order valence-corrected chi connectivity index (χ1v) is 9.40. The number of halogens is 1. The minimum Gasteiger partial charge on any atom is -0.407 e. The molecule has 0 bridgehead atoms. The van der Waals surface area contributed by atoms with Crippen molar-refractivity contribution in [2.24, 2.45) is 5.92 Å². The van der Waals surface area contributed by atoms with Crippen molar-refractivity contribution in [3.8, 4) is 11.6 Å². The van der Waals surface area contributed by atoms with Crippen LogP contribution in [-0.2, 0) is 10.2 Å². The van der Waals surface area contributed by atoms with Crippen molar-refractivity contribution >= 4 is 5.97 Å². The van der Waals surface area contributed by atoms with Gasteiger partial charge in [0, 0.05) is 17.9 Å². The number of ether oxygens (including phenoxy) is 1. The van der Waals surface area contributed by atoms with Gasteiger partial charge in [-0.25, -0.2) is 9.07 Å². The molecule has 26 heavy (non-hydrogen) atoms. The highest BCUT2D eigenvalue weighted by molar-refractivity contribution is 5.72. The molecular formula is C21H27FN2O2. The van der Waals surface area contributed by atoms with Gasteiger partial charge in [0.1, 0.15) is 5.82 Å². The average Bonchev–Trinajstić information content (AvgIpc) is 3.23. The minimum absolute atomic E-state index is 0.184. The van der Waals surface area contributed by atoms with Gasteiger partial charge in [-0.1, -0.05) is 46.5 Å². The molecule has 1 saturated carbocycles. The second-order valence-corrected chi connectivity index (χ2v) is 8.17. The average molecular weight is 358 g/mol. The molecule has 0 atom stereocenters. The van der Waals surface area contributed by atoms with Crippen LogP contribution in [0.4, 0.5) is 4.39 Å². The number of rotatable bonds is 5. The van der Waals surface area contributed by atoms with E-state index in [0.29, 0.717) is 23.9 Å². The van der Waals surface area contributed by atoms with Crippen molar-refractivity contribution < 1.29 is 13.9 Å². The van der Waals surface area contributed by atoms with E-state index in [9.17, 15) is 9.18 Å². The number of carbonyl (C=O) groups excluding carboxylic acids is 1. The largest absolute Gasteiger partial charge is 0.407 e. The lowest BCUT2D eigenvalue weighted by Crippen LogP contribution is -2.13. The second kappa shape index (κ2) is 7.60. The maximum atomic E-state index is 13.2. The van der Waals surface area contributed by atoms with Gasteiger partial charge in [0.05, 0.1) is 11.4 Å². The molecule has 2 aromatic rings. The summed E-state index contributed by atoms with van der Waals surface area (Å²) in [6.45, 7) is 6.15. The fourth-order valence-electron chi connectivity index (χ4n) is 3.36. The number of aromatic nitrogens is 2. The lowest BCUT2D eigenvalue weighted by molar-refractivity contribution is -0.135. The van der Waals surface area contributed by atoms with E-state index in [0.717, 1.165) is 12.1 Å². The van der Waals surface area contributed by atoms with Crippen LogP contribution in [0.2, 0.25) is 0 Å². The Bertz CT molecular complexity index is 753. The van der Waals surface area contributed by atoms with Gasteiger partial charge in [-0.05, 0) is 36.6 Å². The van der Waals surface area contributed by atoms with Crippen LogP contribution in [0.1, 0.15) is 65.0 Å². The highest BCUT2D eigenvalue weighted by atomic mass is 19.1. The van der Waals surface area contributed by atoms with Crippen LogP contribution in [0.15, 0.2) is 30.3 Å². The fourth-order valence-corrected chi connectivity index (χ4v) is 3.36. The maximum Gasteiger partial charge on any atom is 0.312 e. The zero-order valence-electron chi connectivity index (χ0n) is 15.8. The standard InChI is InChI=1S/C21H27FN2O2/c1-21(2,3)18-14-19(24(23-18)17-11-9-16(22)10-12-17)26-20(25)13-8-15-6-4-5-7-15/h9-12,14-15H,4-8,13H2,1-3H3. The third-order valence-electron chi connectivity index (χ3n) is 4.97. The Kier molecular flexibility index (Phi) is 5.44. The van der Waals surface area contributed by atoms with E-state index >= 15 is 0 Å². The summed E-state index contributed by atoms with van der Waals surface area (Å²) >= 11 is 0. The first-order chi connectivity index (χ1) is 12.3. The van der Waals surface area contributed by atoms with Gasteiger partial charge < -0.3 is 4.74 Å². The van der Waals surface area contributed by atoms with Crippen molar-refractivity contribution in [2.75, 3.05) is 0 Å². The van der Waals surface area contributed by atoms with E-state index in [4.69, 9.17) is 4.74 Å². The lowest BCUT2D eigenvalue weighted by atomic mass is 9.93. The lowest BCUT2D eigenvalue weighted by Gasteiger charge is -2.13.